The molecule has 0 fully saturated rings. The van der Waals surface area contributed by atoms with E-state index in [-0.39, 0.29) is 11.5 Å². The maximum Gasteiger partial charge on any atom is 0.155 e. The summed E-state index contributed by atoms with van der Waals surface area (Å²) in [7, 11) is -1.34. The fourth-order valence-electron chi connectivity index (χ4n) is 1.18. The van der Waals surface area contributed by atoms with Crippen LogP contribution in [0.5, 0.6) is 0 Å². The predicted molar refractivity (Wildman–Crippen MR) is 62.9 cm³/mol. The summed E-state index contributed by atoms with van der Waals surface area (Å²) in [4.78, 5) is 0. The van der Waals surface area contributed by atoms with E-state index in [9.17, 15) is 8.42 Å². The van der Waals surface area contributed by atoms with Gasteiger partial charge in [-0.05, 0) is 18.7 Å². The van der Waals surface area contributed by atoms with Gasteiger partial charge in [-0.3, -0.25) is 0 Å². The lowest BCUT2D eigenvalue weighted by Gasteiger charge is -2.05. The van der Waals surface area contributed by atoms with Crippen molar-refractivity contribution in [2.24, 2.45) is 0 Å². The van der Waals surface area contributed by atoms with Crippen molar-refractivity contribution >= 4 is 21.4 Å². The monoisotopic (exact) mass is 247 g/mol. The van der Waals surface area contributed by atoms with Gasteiger partial charge in [0, 0.05) is 11.6 Å². The summed E-state index contributed by atoms with van der Waals surface area (Å²) < 4.78 is 23.2. The highest BCUT2D eigenvalue weighted by Crippen LogP contribution is 2.17. The zero-order valence-corrected chi connectivity index (χ0v) is 10.1. The average molecular weight is 248 g/mol. The molecular formula is C10H14ClNO2S. The lowest BCUT2D eigenvalue weighted by atomic mass is 10.2. The van der Waals surface area contributed by atoms with Crippen LogP contribution in [0.3, 0.4) is 0 Å². The van der Waals surface area contributed by atoms with Crippen molar-refractivity contribution < 1.29 is 8.42 Å². The van der Waals surface area contributed by atoms with Gasteiger partial charge in [-0.25, -0.2) is 8.42 Å². The minimum atomic E-state index is -3.07. The first-order chi connectivity index (χ1) is 7.05. The van der Waals surface area contributed by atoms with Gasteiger partial charge in [-0.15, -0.1) is 0 Å². The van der Waals surface area contributed by atoms with Crippen molar-refractivity contribution in [3.8, 4) is 0 Å². The first-order valence-corrected chi connectivity index (χ1v) is 6.83. The smallest absolute Gasteiger partial charge is 0.155 e. The van der Waals surface area contributed by atoms with Gasteiger partial charge < -0.3 is 5.32 Å². The summed E-state index contributed by atoms with van der Waals surface area (Å²) in [5.74, 6) is 0.142. The molecule has 0 unspecified atom stereocenters. The maximum atomic E-state index is 11.6. The lowest BCUT2D eigenvalue weighted by Crippen LogP contribution is -2.20. The largest absolute Gasteiger partial charge is 0.319 e. The van der Waals surface area contributed by atoms with Gasteiger partial charge in [0.05, 0.1) is 11.5 Å². The zero-order valence-electron chi connectivity index (χ0n) is 8.53. The second-order valence-electron chi connectivity index (χ2n) is 3.29. The first-order valence-electron chi connectivity index (χ1n) is 4.63. The molecule has 0 bridgehead atoms. The van der Waals surface area contributed by atoms with Crippen molar-refractivity contribution in [1.29, 1.82) is 0 Å². The van der Waals surface area contributed by atoms with Crippen molar-refractivity contribution in [1.82, 2.24) is 5.32 Å². The van der Waals surface area contributed by atoms with E-state index >= 15 is 0 Å². The summed E-state index contributed by atoms with van der Waals surface area (Å²) in [6, 6.07) is 7.00. The molecule has 1 aromatic carbocycles. The molecule has 0 radical (unpaired) electrons. The molecule has 0 saturated carbocycles. The van der Waals surface area contributed by atoms with Gasteiger partial charge in [0.1, 0.15) is 0 Å². The molecule has 84 valence electrons. The first kappa shape index (κ1) is 12.5. The highest BCUT2D eigenvalue weighted by Gasteiger charge is 2.12. The van der Waals surface area contributed by atoms with Crippen LogP contribution < -0.4 is 5.32 Å². The Labute approximate surface area is 95.4 Å². The van der Waals surface area contributed by atoms with Crippen molar-refractivity contribution in [2.75, 3.05) is 19.3 Å². The molecule has 0 spiro atoms. The van der Waals surface area contributed by atoms with Gasteiger partial charge in [-0.2, -0.15) is 0 Å². The molecular weight excluding hydrogens is 234 g/mol. The molecule has 0 aromatic heterocycles. The fraction of sp³-hybridized carbons (Fsp3) is 0.400. The average Bonchev–Trinajstić information content (AvgIpc) is 2.18. The van der Waals surface area contributed by atoms with E-state index in [2.05, 4.69) is 5.32 Å². The number of hydrogen-bond donors (Lipinski definition) is 1. The van der Waals surface area contributed by atoms with E-state index in [1.807, 2.05) is 0 Å². The van der Waals surface area contributed by atoms with Crippen LogP contribution in [0.15, 0.2) is 24.3 Å². The Bertz CT molecular complexity index is 417. The van der Waals surface area contributed by atoms with Crippen LogP contribution in [-0.2, 0) is 15.6 Å². The van der Waals surface area contributed by atoms with Gasteiger partial charge in [-0.1, -0.05) is 29.8 Å². The molecule has 15 heavy (non-hydrogen) atoms. The fourth-order valence-corrected chi connectivity index (χ4v) is 2.85. The van der Waals surface area contributed by atoms with E-state index in [1.165, 1.54) is 0 Å². The van der Waals surface area contributed by atoms with Gasteiger partial charge in [0.2, 0.25) is 0 Å². The number of hydrogen-bond acceptors (Lipinski definition) is 3. The maximum absolute atomic E-state index is 11.6. The Hall–Kier alpha value is -0.580. The van der Waals surface area contributed by atoms with E-state index < -0.39 is 9.84 Å². The summed E-state index contributed by atoms with van der Waals surface area (Å²) in [6.45, 7) is 0.465. The number of benzene rings is 1. The summed E-state index contributed by atoms with van der Waals surface area (Å²) >= 11 is 5.88. The van der Waals surface area contributed by atoms with Crippen molar-refractivity contribution in [3.63, 3.8) is 0 Å². The van der Waals surface area contributed by atoms with E-state index in [1.54, 1.807) is 31.3 Å². The van der Waals surface area contributed by atoms with Crippen LogP contribution in [0.25, 0.3) is 0 Å². The lowest BCUT2D eigenvalue weighted by molar-refractivity contribution is 0.593. The molecule has 0 aliphatic rings. The van der Waals surface area contributed by atoms with Crippen LogP contribution in [0.1, 0.15) is 5.56 Å². The van der Waals surface area contributed by atoms with E-state index in [0.29, 0.717) is 17.1 Å². The molecule has 3 nitrogen and oxygen atoms in total. The Kier molecular flexibility index (Phi) is 4.57. The minimum absolute atomic E-state index is 0.00829. The molecule has 0 aliphatic carbocycles. The van der Waals surface area contributed by atoms with Crippen LogP contribution >= 0.6 is 11.6 Å². The summed E-state index contributed by atoms with van der Waals surface area (Å²) in [6.07, 6.45) is 0. The molecule has 1 aromatic rings. The summed E-state index contributed by atoms with van der Waals surface area (Å²) in [5, 5.41) is 3.32. The Morgan fingerprint density at radius 2 is 2.00 bits per heavy atom. The molecule has 0 amide bonds. The quantitative estimate of drug-likeness (QED) is 0.857. The summed E-state index contributed by atoms with van der Waals surface area (Å²) in [5.41, 5.74) is 0.662. The number of nitrogens with one attached hydrogen (secondary N) is 1. The second kappa shape index (κ2) is 5.49. The van der Waals surface area contributed by atoms with Crippen LogP contribution in [0.4, 0.5) is 0 Å². The number of rotatable bonds is 5. The SMILES string of the molecule is CNCCS(=O)(=O)Cc1ccccc1Cl. The topological polar surface area (TPSA) is 46.2 Å². The van der Waals surface area contributed by atoms with Crippen LogP contribution in [-0.4, -0.2) is 27.8 Å². The third-order valence-corrected chi connectivity index (χ3v) is 3.94. The molecule has 1 N–H and O–H groups in total. The second-order valence-corrected chi connectivity index (χ2v) is 5.88. The Balaban J connectivity index is 2.74. The zero-order chi connectivity index (χ0) is 11.3. The van der Waals surface area contributed by atoms with Crippen molar-refractivity contribution in [3.05, 3.63) is 34.9 Å². The molecule has 0 heterocycles. The van der Waals surface area contributed by atoms with E-state index in [4.69, 9.17) is 11.6 Å². The third kappa shape index (κ3) is 4.20. The van der Waals surface area contributed by atoms with Gasteiger partial charge in [0.25, 0.3) is 0 Å². The molecule has 5 heteroatoms. The highest BCUT2D eigenvalue weighted by molar-refractivity contribution is 7.90. The molecule has 1 rings (SSSR count). The normalized spacial score (nSPS) is 11.6. The van der Waals surface area contributed by atoms with Gasteiger partial charge in [0.15, 0.2) is 9.84 Å². The van der Waals surface area contributed by atoms with Crippen LogP contribution in [0.2, 0.25) is 5.02 Å². The Morgan fingerprint density at radius 1 is 1.33 bits per heavy atom. The van der Waals surface area contributed by atoms with Crippen molar-refractivity contribution in [2.45, 2.75) is 5.75 Å². The van der Waals surface area contributed by atoms with Crippen LogP contribution in [0, 0.1) is 0 Å². The van der Waals surface area contributed by atoms with E-state index in [0.717, 1.165) is 0 Å². The molecule has 0 atom stereocenters. The number of sulfone groups is 1. The molecule has 0 saturated heterocycles. The van der Waals surface area contributed by atoms with Gasteiger partial charge >= 0.3 is 0 Å². The highest BCUT2D eigenvalue weighted by atomic mass is 35.5. The third-order valence-electron chi connectivity index (χ3n) is 2.00. The molecule has 0 aliphatic heterocycles. The standard InChI is InChI=1S/C10H14ClNO2S/c1-12-6-7-15(13,14)8-9-4-2-3-5-10(9)11/h2-5,12H,6-8H2,1H3. The predicted octanol–water partition coefficient (Wildman–Crippen LogP) is 1.47. The Morgan fingerprint density at radius 3 is 2.60 bits per heavy atom. The number of halogens is 1. The minimum Gasteiger partial charge on any atom is -0.319 e.